The molecule has 1 saturated carbocycles. The van der Waals surface area contributed by atoms with E-state index in [1.807, 2.05) is 52.0 Å². The van der Waals surface area contributed by atoms with E-state index in [1.54, 1.807) is 6.92 Å². The van der Waals surface area contributed by atoms with Crippen molar-refractivity contribution in [3.8, 4) is 5.75 Å². The molecule has 1 aliphatic rings. The van der Waals surface area contributed by atoms with Crippen LogP contribution in [0.1, 0.15) is 70.7 Å². The summed E-state index contributed by atoms with van der Waals surface area (Å²) in [6.45, 7) is 9.49. The standard InChI is InChI=1S/C20H28O3/c1-14(21)19(2,3)13-20(4,5)23-17-11-9-16(10-12-17)18(22)15-7-6-8-15/h9-12,15H,6-8,13H2,1-5H3. The average Bonchev–Trinajstić information content (AvgIpc) is 2.35. The molecule has 0 atom stereocenters. The van der Waals surface area contributed by atoms with Gasteiger partial charge in [-0.05, 0) is 64.3 Å². The van der Waals surface area contributed by atoms with Crippen molar-refractivity contribution in [3.63, 3.8) is 0 Å². The summed E-state index contributed by atoms with van der Waals surface area (Å²) in [5.74, 6) is 1.37. The highest BCUT2D eigenvalue weighted by Gasteiger charge is 2.34. The number of hydrogen-bond donors (Lipinski definition) is 0. The van der Waals surface area contributed by atoms with Gasteiger partial charge in [-0.3, -0.25) is 9.59 Å². The number of rotatable bonds is 7. The summed E-state index contributed by atoms with van der Waals surface area (Å²) in [6, 6.07) is 7.41. The topological polar surface area (TPSA) is 43.4 Å². The molecule has 126 valence electrons. The molecule has 1 fully saturated rings. The molecular formula is C20H28O3. The summed E-state index contributed by atoms with van der Waals surface area (Å²) in [5, 5.41) is 0. The molecule has 23 heavy (non-hydrogen) atoms. The van der Waals surface area contributed by atoms with Gasteiger partial charge in [-0.15, -0.1) is 0 Å². The quantitative estimate of drug-likeness (QED) is 0.677. The maximum atomic E-state index is 12.2. The van der Waals surface area contributed by atoms with E-state index in [9.17, 15) is 9.59 Å². The van der Waals surface area contributed by atoms with Gasteiger partial charge >= 0.3 is 0 Å². The van der Waals surface area contributed by atoms with E-state index in [2.05, 4.69) is 0 Å². The number of hydrogen-bond acceptors (Lipinski definition) is 3. The second-order valence-corrected chi connectivity index (χ2v) is 8.00. The summed E-state index contributed by atoms with van der Waals surface area (Å²) >= 11 is 0. The lowest BCUT2D eigenvalue weighted by molar-refractivity contribution is -0.127. The smallest absolute Gasteiger partial charge is 0.165 e. The van der Waals surface area contributed by atoms with Crippen LogP contribution in [-0.2, 0) is 4.79 Å². The fourth-order valence-electron chi connectivity index (χ4n) is 3.14. The van der Waals surface area contributed by atoms with Crippen molar-refractivity contribution >= 4 is 11.6 Å². The van der Waals surface area contributed by atoms with Crippen LogP contribution < -0.4 is 4.74 Å². The normalized spacial score (nSPS) is 15.9. The third-order valence-corrected chi connectivity index (χ3v) is 4.83. The van der Waals surface area contributed by atoms with Crippen molar-refractivity contribution in [2.75, 3.05) is 0 Å². The van der Waals surface area contributed by atoms with Crippen LogP contribution in [0.4, 0.5) is 0 Å². The first kappa shape index (κ1) is 17.7. The molecule has 0 heterocycles. The zero-order valence-corrected chi connectivity index (χ0v) is 14.9. The van der Waals surface area contributed by atoms with Crippen LogP contribution in [0.15, 0.2) is 24.3 Å². The lowest BCUT2D eigenvalue weighted by atomic mass is 9.79. The van der Waals surface area contributed by atoms with E-state index in [4.69, 9.17) is 4.74 Å². The Bertz CT molecular complexity index is 577. The van der Waals surface area contributed by atoms with Crippen molar-refractivity contribution in [2.45, 2.75) is 65.9 Å². The molecule has 0 aromatic heterocycles. The van der Waals surface area contributed by atoms with Gasteiger partial charge < -0.3 is 4.74 Å². The first-order valence-electron chi connectivity index (χ1n) is 8.45. The Morgan fingerprint density at radius 3 is 2.09 bits per heavy atom. The molecule has 2 rings (SSSR count). The highest BCUT2D eigenvalue weighted by molar-refractivity contribution is 5.98. The van der Waals surface area contributed by atoms with Gasteiger partial charge in [0.05, 0.1) is 0 Å². The summed E-state index contributed by atoms with van der Waals surface area (Å²) in [4.78, 5) is 23.9. The Labute approximate surface area is 139 Å². The molecule has 0 spiro atoms. The van der Waals surface area contributed by atoms with Gasteiger partial charge in [0.15, 0.2) is 5.78 Å². The maximum absolute atomic E-state index is 12.2. The van der Waals surface area contributed by atoms with Crippen LogP contribution in [0, 0.1) is 11.3 Å². The molecule has 0 saturated heterocycles. The van der Waals surface area contributed by atoms with Crippen LogP contribution in [0.2, 0.25) is 0 Å². The predicted molar refractivity (Wildman–Crippen MR) is 91.9 cm³/mol. The molecule has 1 aliphatic carbocycles. The van der Waals surface area contributed by atoms with Gasteiger partial charge in [-0.25, -0.2) is 0 Å². The summed E-state index contributed by atoms with van der Waals surface area (Å²) in [5.41, 5.74) is -0.0953. The van der Waals surface area contributed by atoms with Gasteiger partial charge in [0.2, 0.25) is 0 Å². The lowest BCUT2D eigenvalue weighted by Crippen LogP contribution is -2.37. The molecule has 0 unspecified atom stereocenters. The molecule has 0 radical (unpaired) electrons. The number of benzene rings is 1. The predicted octanol–water partition coefficient (Wildman–Crippen LogP) is 4.83. The third-order valence-electron chi connectivity index (χ3n) is 4.83. The van der Waals surface area contributed by atoms with E-state index in [-0.39, 0.29) is 17.5 Å². The van der Waals surface area contributed by atoms with Crippen LogP contribution in [-0.4, -0.2) is 17.2 Å². The molecule has 3 nitrogen and oxygen atoms in total. The van der Waals surface area contributed by atoms with Crippen LogP contribution in [0.5, 0.6) is 5.75 Å². The summed E-state index contributed by atoms with van der Waals surface area (Å²) < 4.78 is 6.06. The van der Waals surface area contributed by atoms with Crippen molar-refractivity contribution in [3.05, 3.63) is 29.8 Å². The summed E-state index contributed by atoms with van der Waals surface area (Å²) in [6.07, 6.45) is 3.84. The number of ether oxygens (including phenoxy) is 1. The van der Waals surface area contributed by atoms with Gasteiger partial charge in [-0.1, -0.05) is 20.3 Å². The second-order valence-electron chi connectivity index (χ2n) is 8.00. The monoisotopic (exact) mass is 316 g/mol. The molecule has 0 aliphatic heterocycles. The Balaban J connectivity index is 2.02. The molecule has 0 bridgehead atoms. The maximum Gasteiger partial charge on any atom is 0.165 e. The Hall–Kier alpha value is -1.64. The molecular weight excluding hydrogens is 288 g/mol. The number of carbonyl (C=O) groups is 2. The summed E-state index contributed by atoms with van der Waals surface area (Å²) in [7, 11) is 0. The van der Waals surface area contributed by atoms with Crippen molar-refractivity contribution in [1.82, 2.24) is 0 Å². The van der Waals surface area contributed by atoms with Crippen molar-refractivity contribution in [2.24, 2.45) is 11.3 Å². The minimum Gasteiger partial charge on any atom is -0.488 e. The molecule has 3 heteroatoms. The van der Waals surface area contributed by atoms with E-state index < -0.39 is 11.0 Å². The highest BCUT2D eigenvalue weighted by Crippen LogP contribution is 2.33. The largest absolute Gasteiger partial charge is 0.488 e. The number of Topliss-reactive ketones (excluding diaryl/α,β-unsaturated/α-hetero) is 2. The fourth-order valence-corrected chi connectivity index (χ4v) is 3.14. The van der Waals surface area contributed by atoms with Crippen molar-refractivity contribution < 1.29 is 14.3 Å². The van der Waals surface area contributed by atoms with Crippen LogP contribution >= 0.6 is 0 Å². The first-order valence-corrected chi connectivity index (χ1v) is 8.45. The minimum atomic E-state index is -0.450. The van der Waals surface area contributed by atoms with Gasteiger partial charge in [-0.2, -0.15) is 0 Å². The molecule has 1 aromatic carbocycles. The highest BCUT2D eigenvalue weighted by atomic mass is 16.5. The fraction of sp³-hybridized carbons (Fsp3) is 0.600. The SMILES string of the molecule is CC(=O)C(C)(C)CC(C)(C)Oc1ccc(C(=O)C2CCC2)cc1. The van der Waals surface area contributed by atoms with Crippen molar-refractivity contribution in [1.29, 1.82) is 0 Å². The first-order chi connectivity index (χ1) is 10.6. The Kier molecular flexibility index (Phi) is 4.98. The molecule has 0 amide bonds. The van der Waals surface area contributed by atoms with Gasteiger partial charge in [0.25, 0.3) is 0 Å². The second kappa shape index (κ2) is 6.46. The van der Waals surface area contributed by atoms with E-state index in [1.165, 1.54) is 0 Å². The van der Waals surface area contributed by atoms with Gasteiger partial charge in [0, 0.05) is 16.9 Å². The van der Waals surface area contributed by atoms with E-state index in [0.29, 0.717) is 6.42 Å². The molecule has 0 N–H and O–H groups in total. The minimum absolute atomic E-state index is 0.163. The number of ketones is 2. The average molecular weight is 316 g/mol. The Morgan fingerprint density at radius 1 is 1.09 bits per heavy atom. The van der Waals surface area contributed by atoms with E-state index >= 15 is 0 Å². The van der Waals surface area contributed by atoms with Gasteiger partial charge in [0.1, 0.15) is 17.1 Å². The van der Waals surface area contributed by atoms with Crippen LogP contribution in [0.3, 0.4) is 0 Å². The van der Waals surface area contributed by atoms with Crippen LogP contribution in [0.25, 0.3) is 0 Å². The zero-order chi connectivity index (χ0) is 17.3. The zero-order valence-electron chi connectivity index (χ0n) is 14.9. The van der Waals surface area contributed by atoms with E-state index in [0.717, 1.165) is 30.6 Å². The Morgan fingerprint density at radius 2 is 1.65 bits per heavy atom. The molecule has 1 aromatic rings. The number of carbonyl (C=O) groups excluding carboxylic acids is 2. The lowest BCUT2D eigenvalue weighted by Gasteiger charge is -2.34. The third kappa shape index (κ3) is 4.43.